The highest BCUT2D eigenvalue weighted by Gasteiger charge is 2.28. The normalized spacial score (nSPS) is 18.5. The third kappa shape index (κ3) is 3.30. The van der Waals surface area contributed by atoms with Crippen molar-refractivity contribution in [1.82, 2.24) is 15.0 Å². The number of amides is 1. The summed E-state index contributed by atoms with van der Waals surface area (Å²) in [5.74, 6) is 1.53. The molecule has 1 amide bonds. The third-order valence-electron chi connectivity index (χ3n) is 3.89. The minimum absolute atomic E-state index is 0.140. The summed E-state index contributed by atoms with van der Waals surface area (Å²) in [4.78, 5) is 20.6. The maximum atomic E-state index is 12.4. The molecule has 1 saturated heterocycles. The number of nitrogens with zero attached hydrogens (tertiary/aromatic N) is 4. The molecule has 7 heteroatoms. The van der Waals surface area contributed by atoms with Gasteiger partial charge in [0.2, 0.25) is 11.8 Å². The number of piperidine rings is 1. The fraction of sp³-hybridized carbons (Fsp3) is 0.533. The largest absolute Gasteiger partial charge is 0.344 e. The number of carbonyl (C=O) groups excluding carboxylic acids is 1. The average molecular weight is 320 g/mol. The van der Waals surface area contributed by atoms with Gasteiger partial charge < -0.3 is 14.3 Å². The molecule has 0 aromatic carbocycles. The van der Waals surface area contributed by atoms with Gasteiger partial charge in [-0.15, -0.1) is 0 Å². The Morgan fingerprint density at radius 3 is 3.09 bits per heavy atom. The van der Waals surface area contributed by atoms with Crippen LogP contribution in [0.2, 0.25) is 0 Å². The Balaban J connectivity index is 1.64. The summed E-state index contributed by atoms with van der Waals surface area (Å²) in [6.45, 7) is 1.48. The van der Waals surface area contributed by atoms with Crippen molar-refractivity contribution in [2.24, 2.45) is 0 Å². The molecular weight excluding hydrogens is 300 g/mol. The van der Waals surface area contributed by atoms with Crippen LogP contribution in [-0.2, 0) is 11.2 Å². The molecular formula is C15H20N4O2S. The van der Waals surface area contributed by atoms with Crippen LogP contribution in [-0.4, -0.2) is 48.1 Å². The molecule has 0 spiro atoms. The first kappa shape index (κ1) is 15.0. The van der Waals surface area contributed by atoms with Gasteiger partial charge in [0.05, 0.1) is 12.3 Å². The maximum absolute atomic E-state index is 12.4. The number of anilines is 1. The highest BCUT2D eigenvalue weighted by atomic mass is 32.1. The van der Waals surface area contributed by atoms with Gasteiger partial charge in [0, 0.05) is 27.2 Å². The number of hydrogen-bond acceptors (Lipinski definition) is 6. The van der Waals surface area contributed by atoms with Crippen LogP contribution in [0.25, 0.3) is 0 Å². The quantitative estimate of drug-likeness (QED) is 0.864. The topological polar surface area (TPSA) is 62.5 Å². The van der Waals surface area contributed by atoms with E-state index in [1.54, 1.807) is 11.3 Å². The van der Waals surface area contributed by atoms with Gasteiger partial charge in [-0.2, -0.15) is 16.3 Å². The summed E-state index contributed by atoms with van der Waals surface area (Å²) in [5, 5.41) is 7.99. The molecule has 22 heavy (non-hydrogen) atoms. The second kappa shape index (κ2) is 6.48. The molecule has 1 atom stereocenters. The standard InChI is InChI=1S/C15H20N4O2S/c1-18(2)15-16-14(21-17-15)12-4-3-6-19(9-12)13(20)8-11-5-7-22-10-11/h5,7,10,12H,3-4,6,8-9H2,1-2H3/t12-/m1/s1. The second-order valence-electron chi connectivity index (χ2n) is 5.81. The number of aromatic nitrogens is 2. The second-order valence-corrected chi connectivity index (χ2v) is 6.59. The van der Waals surface area contributed by atoms with E-state index >= 15 is 0 Å². The van der Waals surface area contributed by atoms with Crippen LogP contribution in [0.15, 0.2) is 21.3 Å². The SMILES string of the molecule is CN(C)c1noc([C@@H]2CCCN(C(=O)Cc3ccsc3)C2)n1. The Hall–Kier alpha value is -1.89. The van der Waals surface area contributed by atoms with Crippen molar-refractivity contribution < 1.29 is 9.32 Å². The molecule has 3 rings (SSSR count). The predicted molar refractivity (Wildman–Crippen MR) is 85.2 cm³/mol. The molecule has 1 fully saturated rings. The third-order valence-corrected chi connectivity index (χ3v) is 4.62. The Kier molecular flexibility index (Phi) is 4.42. The van der Waals surface area contributed by atoms with Gasteiger partial charge in [0.1, 0.15) is 0 Å². The summed E-state index contributed by atoms with van der Waals surface area (Å²) >= 11 is 1.62. The molecule has 118 valence electrons. The molecule has 0 aliphatic carbocycles. The first-order valence-corrected chi connectivity index (χ1v) is 8.37. The first-order chi connectivity index (χ1) is 10.6. The van der Waals surface area contributed by atoms with Crippen molar-refractivity contribution in [3.8, 4) is 0 Å². The smallest absolute Gasteiger partial charge is 0.265 e. The van der Waals surface area contributed by atoms with Crippen molar-refractivity contribution in [2.45, 2.75) is 25.2 Å². The van der Waals surface area contributed by atoms with E-state index < -0.39 is 0 Å². The number of carbonyl (C=O) groups is 1. The lowest BCUT2D eigenvalue weighted by molar-refractivity contribution is -0.131. The Morgan fingerprint density at radius 2 is 2.41 bits per heavy atom. The van der Waals surface area contributed by atoms with Gasteiger partial charge in [-0.25, -0.2) is 0 Å². The molecule has 0 radical (unpaired) electrons. The number of thiophene rings is 1. The lowest BCUT2D eigenvalue weighted by Gasteiger charge is -2.31. The van der Waals surface area contributed by atoms with E-state index in [4.69, 9.17) is 4.52 Å². The van der Waals surface area contributed by atoms with Crippen molar-refractivity contribution in [3.63, 3.8) is 0 Å². The van der Waals surface area contributed by atoms with Gasteiger partial charge in [0.15, 0.2) is 0 Å². The van der Waals surface area contributed by atoms with Crippen LogP contribution in [0.3, 0.4) is 0 Å². The van der Waals surface area contributed by atoms with E-state index in [-0.39, 0.29) is 11.8 Å². The van der Waals surface area contributed by atoms with Crippen molar-refractivity contribution in [3.05, 3.63) is 28.3 Å². The lowest BCUT2D eigenvalue weighted by Crippen LogP contribution is -2.40. The Morgan fingerprint density at radius 1 is 1.55 bits per heavy atom. The molecule has 1 aliphatic rings. The lowest BCUT2D eigenvalue weighted by atomic mass is 9.97. The first-order valence-electron chi connectivity index (χ1n) is 7.43. The zero-order chi connectivity index (χ0) is 15.5. The molecule has 6 nitrogen and oxygen atoms in total. The molecule has 0 bridgehead atoms. The van der Waals surface area contributed by atoms with E-state index in [1.165, 1.54) is 0 Å². The molecule has 0 saturated carbocycles. The summed E-state index contributed by atoms with van der Waals surface area (Å²) in [6.07, 6.45) is 2.43. The Labute approximate surface area is 133 Å². The molecule has 2 aromatic heterocycles. The van der Waals surface area contributed by atoms with Crippen LogP contribution < -0.4 is 4.90 Å². The van der Waals surface area contributed by atoms with Crippen LogP contribution in [0.4, 0.5) is 5.95 Å². The number of hydrogen-bond donors (Lipinski definition) is 0. The van der Waals surface area contributed by atoms with Gasteiger partial charge in [-0.3, -0.25) is 4.79 Å². The van der Waals surface area contributed by atoms with Crippen molar-refractivity contribution >= 4 is 23.2 Å². The zero-order valence-corrected chi connectivity index (χ0v) is 13.7. The molecule has 3 heterocycles. The van der Waals surface area contributed by atoms with E-state index in [1.807, 2.05) is 40.7 Å². The van der Waals surface area contributed by atoms with Crippen LogP contribution in [0, 0.1) is 0 Å². The average Bonchev–Trinajstić information content (AvgIpc) is 3.18. The van der Waals surface area contributed by atoms with E-state index in [9.17, 15) is 4.79 Å². The monoisotopic (exact) mass is 320 g/mol. The molecule has 0 N–H and O–H groups in total. The van der Waals surface area contributed by atoms with Crippen LogP contribution in [0.5, 0.6) is 0 Å². The van der Waals surface area contributed by atoms with Gasteiger partial charge >= 0.3 is 0 Å². The molecule has 0 unspecified atom stereocenters. The molecule has 2 aromatic rings. The zero-order valence-electron chi connectivity index (χ0n) is 12.9. The highest BCUT2D eigenvalue weighted by molar-refractivity contribution is 7.07. The van der Waals surface area contributed by atoms with Gasteiger partial charge in [-0.05, 0) is 40.4 Å². The fourth-order valence-corrected chi connectivity index (χ4v) is 3.33. The Bertz CT molecular complexity index is 623. The number of rotatable bonds is 4. The van der Waals surface area contributed by atoms with Crippen LogP contribution >= 0.6 is 11.3 Å². The minimum atomic E-state index is 0.140. The van der Waals surface area contributed by atoms with Crippen molar-refractivity contribution in [1.29, 1.82) is 0 Å². The van der Waals surface area contributed by atoms with E-state index in [2.05, 4.69) is 10.1 Å². The van der Waals surface area contributed by atoms with E-state index in [0.29, 0.717) is 24.8 Å². The highest BCUT2D eigenvalue weighted by Crippen LogP contribution is 2.27. The summed E-state index contributed by atoms with van der Waals surface area (Å²) in [6, 6.07) is 2.01. The summed E-state index contributed by atoms with van der Waals surface area (Å²) < 4.78 is 5.36. The minimum Gasteiger partial charge on any atom is -0.344 e. The summed E-state index contributed by atoms with van der Waals surface area (Å²) in [7, 11) is 3.76. The fourth-order valence-electron chi connectivity index (χ4n) is 2.66. The predicted octanol–water partition coefficient (Wildman–Crippen LogP) is 2.15. The van der Waals surface area contributed by atoms with Crippen LogP contribution in [0.1, 0.15) is 30.2 Å². The van der Waals surface area contributed by atoms with E-state index in [0.717, 1.165) is 24.9 Å². The molecule has 1 aliphatic heterocycles. The van der Waals surface area contributed by atoms with Gasteiger partial charge in [-0.1, -0.05) is 0 Å². The maximum Gasteiger partial charge on any atom is 0.265 e. The van der Waals surface area contributed by atoms with Crippen molar-refractivity contribution in [2.75, 3.05) is 32.1 Å². The van der Waals surface area contributed by atoms with Gasteiger partial charge in [0.25, 0.3) is 5.95 Å². The summed E-state index contributed by atoms with van der Waals surface area (Å²) in [5.41, 5.74) is 1.09. The number of likely N-dealkylation sites (tertiary alicyclic amines) is 1.